The van der Waals surface area contributed by atoms with Gasteiger partial charge in [0.2, 0.25) is 23.0 Å². The second-order valence-corrected chi connectivity index (χ2v) is 22.8. The number of hydrogen-bond donors (Lipinski definition) is 1. The Bertz CT molecular complexity index is 2860. The fraction of sp³-hybridized carbons (Fsp3) is 0.460. The minimum atomic E-state index is -0.716. The summed E-state index contributed by atoms with van der Waals surface area (Å²) >= 11 is 4.64. The summed E-state index contributed by atoms with van der Waals surface area (Å²) in [5, 5.41) is 3.07. The van der Waals surface area contributed by atoms with Crippen LogP contribution in [0.25, 0.3) is 22.3 Å². The summed E-state index contributed by atoms with van der Waals surface area (Å²) < 4.78 is 70.8. The topological polar surface area (TPSA) is 126 Å². The van der Waals surface area contributed by atoms with Crippen molar-refractivity contribution < 1.29 is 38.1 Å². The van der Waals surface area contributed by atoms with Crippen LogP contribution in [0.1, 0.15) is 126 Å². The molecule has 1 amide bonds. The first-order chi connectivity index (χ1) is 37.5. The third kappa shape index (κ3) is 19.3. The van der Waals surface area contributed by atoms with Crippen LogP contribution in [0.3, 0.4) is 0 Å². The van der Waals surface area contributed by atoms with Gasteiger partial charge in [0, 0.05) is 90.4 Å². The van der Waals surface area contributed by atoms with Gasteiger partial charge in [-0.2, -0.15) is 0 Å². The molecule has 0 aliphatic carbocycles. The van der Waals surface area contributed by atoms with Gasteiger partial charge in [0.25, 0.3) is 0 Å². The molecular formula is C63H83ClF4N8O4. The van der Waals surface area contributed by atoms with Gasteiger partial charge in [-0.05, 0) is 172 Å². The zero-order valence-electron chi connectivity index (χ0n) is 47.4. The van der Waals surface area contributed by atoms with Crippen molar-refractivity contribution in [3.63, 3.8) is 0 Å². The number of carbonyl (C=O) groups excluding carboxylic acids is 2. The summed E-state index contributed by atoms with van der Waals surface area (Å²) in [6.45, 7) is 24.2. The van der Waals surface area contributed by atoms with E-state index >= 15 is 0 Å². The van der Waals surface area contributed by atoms with Gasteiger partial charge in [0.1, 0.15) is 0 Å². The smallest absolute Gasteiger partial charge is 0.225 e. The SMILES string of the molecule is C.CC(=O)Cl.CCc1cnc(N2CCC(COc3c(F)cc(-c4ccc(CN(C(C)=O)C(C)(C)C)cc4)cc3F)CC2)nc1.CCc1cnc(N2CCC(COc3c(F)cc(-c4ccc(CNC(C)(C)C)cc4)cc3F)CC2)nc1.[HH]. The monoisotopic (exact) mass is 1130 g/mol. The van der Waals surface area contributed by atoms with Gasteiger partial charge in [-0.15, -0.1) is 0 Å². The second kappa shape index (κ2) is 29.7. The highest BCUT2D eigenvalue weighted by molar-refractivity contribution is 6.62. The second-order valence-electron chi connectivity index (χ2n) is 22.3. The molecule has 0 bridgehead atoms. The van der Waals surface area contributed by atoms with Crippen LogP contribution in [-0.4, -0.2) is 86.5 Å². The van der Waals surface area contributed by atoms with Crippen molar-refractivity contribution in [1.82, 2.24) is 30.2 Å². The predicted molar refractivity (Wildman–Crippen MR) is 315 cm³/mol. The molecule has 0 spiro atoms. The number of aromatic nitrogens is 4. The molecule has 4 heterocycles. The highest BCUT2D eigenvalue weighted by atomic mass is 35.5. The van der Waals surface area contributed by atoms with Gasteiger partial charge >= 0.3 is 0 Å². The molecule has 434 valence electrons. The molecule has 0 atom stereocenters. The van der Waals surface area contributed by atoms with Crippen LogP contribution in [0.15, 0.2) is 97.6 Å². The summed E-state index contributed by atoms with van der Waals surface area (Å²) in [6, 6.07) is 20.4. The van der Waals surface area contributed by atoms with Gasteiger partial charge in [-0.1, -0.05) is 69.8 Å². The van der Waals surface area contributed by atoms with E-state index in [4.69, 9.17) is 9.47 Å². The minimum Gasteiger partial charge on any atom is -0.487 e. The van der Waals surface area contributed by atoms with E-state index < -0.39 is 23.3 Å². The van der Waals surface area contributed by atoms with Crippen LogP contribution >= 0.6 is 11.6 Å². The molecule has 4 aromatic carbocycles. The Kier molecular flexibility index (Phi) is 23.8. The van der Waals surface area contributed by atoms with Crippen molar-refractivity contribution in [1.29, 1.82) is 0 Å². The molecule has 17 heteroatoms. The number of nitrogens with zero attached hydrogens (tertiary/aromatic N) is 7. The molecule has 0 radical (unpaired) electrons. The number of hydrogen-bond acceptors (Lipinski definition) is 11. The molecule has 12 nitrogen and oxygen atoms in total. The van der Waals surface area contributed by atoms with Gasteiger partial charge in [-0.3, -0.25) is 9.59 Å². The van der Waals surface area contributed by atoms with Crippen molar-refractivity contribution in [2.75, 3.05) is 49.2 Å². The Balaban J connectivity index is 0.000000320. The van der Waals surface area contributed by atoms with E-state index in [2.05, 4.69) is 81.3 Å². The van der Waals surface area contributed by atoms with Crippen LogP contribution in [0.4, 0.5) is 29.5 Å². The molecule has 80 heavy (non-hydrogen) atoms. The largest absolute Gasteiger partial charge is 0.487 e. The Hall–Kier alpha value is -6.65. The number of halogens is 5. The van der Waals surface area contributed by atoms with Crippen LogP contribution in [0.2, 0.25) is 0 Å². The number of benzene rings is 4. The van der Waals surface area contributed by atoms with E-state index in [9.17, 15) is 27.2 Å². The number of anilines is 2. The zero-order valence-corrected chi connectivity index (χ0v) is 48.2. The molecule has 0 saturated carbocycles. The number of nitrogens with one attached hydrogen (secondary N) is 1. The molecule has 8 rings (SSSR count). The summed E-state index contributed by atoms with van der Waals surface area (Å²) in [7, 11) is 0. The first-order valence-corrected chi connectivity index (χ1v) is 27.6. The van der Waals surface area contributed by atoms with Gasteiger partial charge in [0.05, 0.1) is 13.2 Å². The maximum atomic E-state index is 14.9. The predicted octanol–water partition coefficient (Wildman–Crippen LogP) is 14.2. The molecule has 2 saturated heterocycles. The summed E-state index contributed by atoms with van der Waals surface area (Å²) in [5.74, 6) is -1.55. The highest BCUT2D eigenvalue weighted by Gasteiger charge is 2.27. The van der Waals surface area contributed by atoms with Crippen molar-refractivity contribution in [3.05, 3.63) is 143 Å². The van der Waals surface area contributed by atoms with E-state index in [0.717, 1.165) is 111 Å². The Morgan fingerprint density at radius 2 is 0.938 bits per heavy atom. The summed E-state index contributed by atoms with van der Waals surface area (Å²) in [4.78, 5) is 45.2. The van der Waals surface area contributed by atoms with E-state index in [1.165, 1.54) is 31.2 Å². The Morgan fingerprint density at radius 3 is 1.24 bits per heavy atom. The van der Waals surface area contributed by atoms with Gasteiger partial charge in [0.15, 0.2) is 34.8 Å². The van der Waals surface area contributed by atoms with E-state index in [0.29, 0.717) is 23.2 Å². The fourth-order valence-corrected chi connectivity index (χ4v) is 9.11. The van der Waals surface area contributed by atoms with Gasteiger partial charge < -0.3 is 29.5 Å². The molecule has 2 aliphatic rings. The molecule has 6 aromatic rings. The van der Waals surface area contributed by atoms with E-state index in [-0.39, 0.29) is 67.6 Å². The maximum absolute atomic E-state index is 14.9. The molecule has 2 aromatic heterocycles. The number of carbonyl (C=O) groups is 2. The Morgan fingerprint density at radius 1 is 0.600 bits per heavy atom. The van der Waals surface area contributed by atoms with Crippen molar-refractivity contribution >= 4 is 34.6 Å². The lowest BCUT2D eigenvalue weighted by molar-refractivity contribution is -0.134. The minimum absolute atomic E-state index is 0. The van der Waals surface area contributed by atoms with Crippen molar-refractivity contribution in [3.8, 4) is 33.8 Å². The zero-order chi connectivity index (χ0) is 57.4. The lowest BCUT2D eigenvalue weighted by atomic mass is 9.98. The number of rotatable bonds is 16. The molecule has 2 fully saturated rings. The molecule has 0 unspecified atom stereocenters. The number of ether oxygens (including phenoxy) is 2. The van der Waals surface area contributed by atoms with E-state index in [1.807, 2.05) is 94.1 Å². The molecule has 1 N–H and O–H groups in total. The Labute approximate surface area is 478 Å². The quantitative estimate of drug-likeness (QED) is 0.0735. The first-order valence-electron chi connectivity index (χ1n) is 27.2. The summed E-state index contributed by atoms with van der Waals surface area (Å²) in [6.07, 6.45) is 12.6. The molecule has 2 aliphatic heterocycles. The summed E-state index contributed by atoms with van der Waals surface area (Å²) in [5.41, 5.74) is 6.38. The van der Waals surface area contributed by atoms with Crippen LogP contribution in [0.5, 0.6) is 11.5 Å². The lowest BCUT2D eigenvalue weighted by Crippen LogP contribution is -2.43. The highest BCUT2D eigenvalue weighted by Crippen LogP contribution is 2.33. The van der Waals surface area contributed by atoms with Crippen LogP contribution in [0, 0.1) is 35.1 Å². The van der Waals surface area contributed by atoms with E-state index in [1.54, 1.807) is 11.8 Å². The van der Waals surface area contributed by atoms with Crippen molar-refractivity contribution in [2.45, 2.75) is 139 Å². The van der Waals surface area contributed by atoms with Crippen molar-refractivity contribution in [2.24, 2.45) is 11.8 Å². The van der Waals surface area contributed by atoms with Gasteiger partial charge in [-0.25, -0.2) is 37.5 Å². The third-order valence-electron chi connectivity index (χ3n) is 13.8. The van der Waals surface area contributed by atoms with Crippen LogP contribution < -0.4 is 24.6 Å². The number of aryl methyl sites for hydroxylation is 2. The number of piperidine rings is 2. The normalized spacial score (nSPS) is 14.0. The van der Waals surface area contributed by atoms with Crippen LogP contribution in [-0.2, 0) is 35.5 Å². The maximum Gasteiger partial charge on any atom is 0.225 e. The average molecular weight is 1130 g/mol. The first kappa shape index (κ1) is 64.2. The number of amides is 1. The third-order valence-corrected chi connectivity index (χ3v) is 13.8. The standard InChI is InChI=1S/C31H38F2N4O2.C29H36F2N4O.C2H3ClO.CH4.H2/c1-6-22-17-34-30(35-18-22)36-13-11-24(12-14-36)20-39-29-27(32)15-26(16-28(29)33)25-9-7-23(8-10-25)19-37(21(2)38)31(3,4)5;1-5-20-16-32-28(33-17-20)35-12-10-22(11-13-35)19-36-27-25(30)14-24(15-26(27)31)23-8-6-21(7-9-23)18-34-29(2,3)4;1-2(3)4;;/h7-10,15-18,24H,6,11-14,19-20H2,1-5H3;6-9,14-17,22,34H,5,10-13,18-19H2,1-4H3;1H3;1H4;1H. The average Bonchev–Trinajstić information content (AvgIpc) is 3.41. The molecular weight excluding hydrogens is 1040 g/mol. The lowest BCUT2D eigenvalue weighted by Gasteiger charge is -2.35. The fourth-order valence-electron chi connectivity index (χ4n) is 9.11.